The number of fused-ring (bicyclic) bond motifs is 1. The Bertz CT molecular complexity index is 634. The van der Waals surface area contributed by atoms with E-state index >= 15 is 0 Å². The first-order chi connectivity index (χ1) is 10.7. The van der Waals surface area contributed by atoms with E-state index in [4.69, 9.17) is 0 Å². The highest BCUT2D eigenvalue weighted by molar-refractivity contribution is 6.00. The molecule has 0 aliphatic heterocycles. The van der Waals surface area contributed by atoms with Crippen LogP contribution in [-0.2, 0) is 19.4 Å². The number of Topliss-reactive ketones (excluding diaryl/α,β-unsaturated/α-hetero) is 1. The van der Waals surface area contributed by atoms with Gasteiger partial charge in [0, 0.05) is 24.5 Å². The molecule has 1 aliphatic rings. The lowest BCUT2D eigenvalue weighted by Gasteiger charge is -2.14. The molecule has 0 saturated heterocycles. The largest absolute Gasteiger partial charge is 0.337 e. The lowest BCUT2D eigenvalue weighted by Crippen LogP contribution is -2.35. The molecule has 0 radical (unpaired) electrons. The van der Waals surface area contributed by atoms with Crippen molar-refractivity contribution >= 4 is 5.78 Å². The van der Waals surface area contributed by atoms with Gasteiger partial charge in [-0.05, 0) is 56.3 Å². The van der Waals surface area contributed by atoms with Crippen LogP contribution in [0, 0.1) is 0 Å². The van der Waals surface area contributed by atoms with Crippen LogP contribution in [0.15, 0.2) is 36.9 Å². The van der Waals surface area contributed by atoms with Gasteiger partial charge >= 0.3 is 0 Å². The molecule has 0 bridgehead atoms. The van der Waals surface area contributed by atoms with Crippen LogP contribution in [0.4, 0.5) is 0 Å². The molecule has 4 heteroatoms. The molecule has 0 spiro atoms. The normalized spacial score (nSPS) is 14.8. The van der Waals surface area contributed by atoms with Gasteiger partial charge in [-0.3, -0.25) is 4.79 Å². The van der Waals surface area contributed by atoms with Crippen molar-refractivity contribution in [1.29, 1.82) is 0 Å². The van der Waals surface area contributed by atoms with Crippen molar-refractivity contribution in [2.45, 2.75) is 45.2 Å². The van der Waals surface area contributed by atoms with Crippen LogP contribution in [0.5, 0.6) is 0 Å². The number of imidazole rings is 1. The minimum Gasteiger partial charge on any atom is -0.337 e. The van der Waals surface area contributed by atoms with Crippen molar-refractivity contribution < 1.29 is 4.79 Å². The number of nitrogens with one attached hydrogen (secondary N) is 1. The van der Waals surface area contributed by atoms with Gasteiger partial charge < -0.3 is 9.88 Å². The van der Waals surface area contributed by atoms with Crippen LogP contribution < -0.4 is 5.32 Å². The lowest BCUT2D eigenvalue weighted by atomic mass is 10.0. The standard InChI is InChI=1S/C18H23N3O/c1-14(20-8-3-10-21-11-9-19-13-21)18(22)17-7-6-15-4-2-5-16(15)12-17/h6-7,9,11-14,20H,2-5,8,10H2,1H3. The van der Waals surface area contributed by atoms with E-state index in [0.29, 0.717) is 0 Å². The molecule has 0 saturated carbocycles. The molecular formula is C18H23N3O. The summed E-state index contributed by atoms with van der Waals surface area (Å²) in [6.45, 7) is 3.70. The Morgan fingerprint density at radius 1 is 1.36 bits per heavy atom. The van der Waals surface area contributed by atoms with E-state index in [0.717, 1.165) is 37.9 Å². The Labute approximate surface area is 131 Å². The van der Waals surface area contributed by atoms with Crippen molar-refractivity contribution in [2.24, 2.45) is 0 Å². The number of hydrogen-bond donors (Lipinski definition) is 1. The second-order valence-corrected chi connectivity index (χ2v) is 6.03. The van der Waals surface area contributed by atoms with Gasteiger partial charge in [-0.15, -0.1) is 0 Å². The summed E-state index contributed by atoms with van der Waals surface area (Å²) in [5, 5.41) is 3.33. The van der Waals surface area contributed by atoms with Crippen LogP contribution in [-0.4, -0.2) is 27.9 Å². The maximum Gasteiger partial charge on any atom is 0.179 e. The molecule has 1 heterocycles. The minimum atomic E-state index is -0.137. The van der Waals surface area contributed by atoms with Gasteiger partial charge in [-0.1, -0.05) is 12.1 Å². The predicted octanol–water partition coefficient (Wildman–Crippen LogP) is 2.62. The highest BCUT2D eigenvalue weighted by Gasteiger charge is 2.17. The lowest BCUT2D eigenvalue weighted by molar-refractivity contribution is 0.0951. The summed E-state index contributed by atoms with van der Waals surface area (Å²) in [6.07, 6.45) is 10.0. The molecule has 4 nitrogen and oxygen atoms in total. The number of rotatable bonds is 7. The summed E-state index contributed by atoms with van der Waals surface area (Å²) >= 11 is 0. The third kappa shape index (κ3) is 3.45. The first-order valence-corrected chi connectivity index (χ1v) is 8.09. The Hall–Kier alpha value is -1.94. The van der Waals surface area contributed by atoms with E-state index in [1.54, 1.807) is 6.20 Å². The highest BCUT2D eigenvalue weighted by Crippen LogP contribution is 2.23. The molecule has 0 fully saturated rings. The number of aryl methyl sites for hydroxylation is 3. The zero-order valence-corrected chi connectivity index (χ0v) is 13.1. The summed E-state index contributed by atoms with van der Waals surface area (Å²) in [5.41, 5.74) is 3.62. The first-order valence-electron chi connectivity index (χ1n) is 8.09. The summed E-state index contributed by atoms with van der Waals surface area (Å²) in [5.74, 6) is 0.192. The third-order valence-electron chi connectivity index (χ3n) is 4.38. The molecule has 1 N–H and O–H groups in total. The fraction of sp³-hybridized carbons (Fsp3) is 0.444. The molecule has 0 amide bonds. The van der Waals surface area contributed by atoms with E-state index in [-0.39, 0.29) is 11.8 Å². The minimum absolute atomic E-state index is 0.137. The summed E-state index contributed by atoms with van der Waals surface area (Å²) in [4.78, 5) is 16.5. The number of hydrogen-bond acceptors (Lipinski definition) is 3. The number of carbonyl (C=O) groups is 1. The topological polar surface area (TPSA) is 46.9 Å². The molecular weight excluding hydrogens is 274 g/mol. The van der Waals surface area contributed by atoms with Gasteiger partial charge in [-0.2, -0.15) is 0 Å². The van der Waals surface area contributed by atoms with Crippen LogP contribution in [0.3, 0.4) is 0 Å². The van der Waals surface area contributed by atoms with Gasteiger partial charge in [0.2, 0.25) is 0 Å². The second kappa shape index (κ2) is 6.88. The van der Waals surface area contributed by atoms with Gasteiger partial charge in [0.15, 0.2) is 5.78 Å². The molecule has 1 aliphatic carbocycles. The van der Waals surface area contributed by atoms with Gasteiger partial charge in [-0.25, -0.2) is 4.98 Å². The van der Waals surface area contributed by atoms with E-state index < -0.39 is 0 Å². The van der Waals surface area contributed by atoms with Crippen LogP contribution in [0.1, 0.15) is 41.3 Å². The average molecular weight is 297 g/mol. The Morgan fingerprint density at radius 2 is 2.23 bits per heavy atom. The van der Waals surface area contributed by atoms with E-state index in [1.165, 1.54) is 17.5 Å². The molecule has 116 valence electrons. The number of nitrogens with zero attached hydrogens (tertiary/aromatic N) is 2. The third-order valence-corrected chi connectivity index (χ3v) is 4.38. The van der Waals surface area contributed by atoms with E-state index in [2.05, 4.69) is 27.0 Å². The monoisotopic (exact) mass is 297 g/mol. The van der Waals surface area contributed by atoms with Crippen molar-refractivity contribution in [3.63, 3.8) is 0 Å². The molecule has 1 unspecified atom stereocenters. The van der Waals surface area contributed by atoms with Crippen molar-refractivity contribution in [3.05, 3.63) is 53.6 Å². The maximum absolute atomic E-state index is 12.5. The molecule has 2 aromatic rings. The van der Waals surface area contributed by atoms with Crippen LogP contribution in [0.25, 0.3) is 0 Å². The van der Waals surface area contributed by atoms with E-state index in [9.17, 15) is 4.79 Å². The quantitative estimate of drug-likeness (QED) is 0.631. The number of aromatic nitrogens is 2. The SMILES string of the molecule is CC(NCCCn1ccnc1)C(=O)c1ccc2c(c1)CCC2. The van der Waals surface area contributed by atoms with E-state index in [1.807, 2.05) is 25.5 Å². The van der Waals surface area contributed by atoms with Crippen molar-refractivity contribution in [3.8, 4) is 0 Å². The van der Waals surface area contributed by atoms with Gasteiger partial charge in [0.1, 0.15) is 0 Å². The molecule has 3 rings (SSSR count). The van der Waals surface area contributed by atoms with Gasteiger partial charge in [0.25, 0.3) is 0 Å². The molecule has 1 aromatic heterocycles. The van der Waals surface area contributed by atoms with Crippen molar-refractivity contribution in [1.82, 2.24) is 14.9 Å². The molecule has 1 atom stereocenters. The van der Waals surface area contributed by atoms with Crippen molar-refractivity contribution in [2.75, 3.05) is 6.54 Å². The zero-order chi connectivity index (χ0) is 15.4. The summed E-state index contributed by atoms with van der Waals surface area (Å²) < 4.78 is 2.05. The second-order valence-electron chi connectivity index (χ2n) is 6.03. The van der Waals surface area contributed by atoms with Crippen LogP contribution in [0.2, 0.25) is 0 Å². The Morgan fingerprint density at radius 3 is 3.05 bits per heavy atom. The zero-order valence-electron chi connectivity index (χ0n) is 13.1. The average Bonchev–Trinajstić information content (AvgIpc) is 3.20. The predicted molar refractivity (Wildman–Crippen MR) is 87.1 cm³/mol. The fourth-order valence-electron chi connectivity index (χ4n) is 3.07. The maximum atomic E-state index is 12.5. The summed E-state index contributed by atoms with van der Waals surface area (Å²) in [7, 11) is 0. The van der Waals surface area contributed by atoms with Crippen LogP contribution >= 0.6 is 0 Å². The fourth-order valence-corrected chi connectivity index (χ4v) is 3.07. The Kier molecular flexibility index (Phi) is 4.68. The number of carbonyl (C=O) groups excluding carboxylic acids is 1. The Balaban J connectivity index is 1.49. The summed E-state index contributed by atoms with van der Waals surface area (Å²) in [6, 6.07) is 6.06. The first kappa shape index (κ1) is 15.0. The highest BCUT2D eigenvalue weighted by atomic mass is 16.1. The smallest absolute Gasteiger partial charge is 0.179 e. The molecule has 1 aromatic carbocycles. The molecule has 22 heavy (non-hydrogen) atoms. The van der Waals surface area contributed by atoms with Gasteiger partial charge in [0.05, 0.1) is 12.4 Å². The number of benzene rings is 1. The number of ketones is 1.